The van der Waals surface area contributed by atoms with Gasteiger partial charge in [-0.1, -0.05) is 48.5 Å². The summed E-state index contributed by atoms with van der Waals surface area (Å²) in [5.74, 6) is 1.23. The summed E-state index contributed by atoms with van der Waals surface area (Å²) in [5.41, 5.74) is 2.62. The van der Waals surface area contributed by atoms with E-state index in [9.17, 15) is 4.79 Å². The van der Waals surface area contributed by atoms with Crippen LogP contribution in [0.4, 0.5) is 5.82 Å². The van der Waals surface area contributed by atoms with Crippen molar-refractivity contribution in [2.45, 2.75) is 6.92 Å². The average molecular weight is 343 g/mol. The summed E-state index contributed by atoms with van der Waals surface area (Å²) in [6, 6.07) is 24.8. The van der Waals surface area contributed by atoms with Gasteiger partial charge in [-0.15, -0.1) is 0 Å². The Labute approximate surface area is 150 Å². The molecule has 0 aliphatic heterocycles. The van der Waals surface area contributed by atoms with E-state index in [2.05, 4.69) is 10.4 Å². The Bertz CT molecular complexity index is 1030. The number of carbonyl (C=O) groups excluding carboxylic acids is 1. The maximum atomic E-state index is 12.5. The highest BCUT2D eigenvalue weighted by Gasteiger charge is 2.16. The van der Waals surface area contributed by atoms with Crippen molar-refractivity contribution in [3.63, 3.8) is 0 Å². The molecule has 2 aromatic heterocycles. The van der Waals surface area contributed by atoms with Crippen molar-refractivity contribution < 1.29 is 9.21 Å². The zero-order valence-corrected chi connectivity index (χ0v) is 14.2. The highest BCUT2D eigenvalue weighted by molar-refractivity contribution is 6.02. The lowest BCUT2D eigenvalue weighted by Gasteiger charge is -2.07. The molecule has 0 saturated carbocycles. The maximum Gasteiger partial charge on any atom is 0.292 e. The van der Waals surface area contributed by atoms with E-state index in [1.165, 1.54) is 0 Å². The number of hydrogen-bond acceptors (Lipinski definition) is 3. The predicted octanol–water partition coefficient (Wildman–Crippen LogP) is 4.69. The quantitative estimate of drug-likeness (QED) is 0.584. The fourth-order valence-corrected chi connectivity index (χ4v) is 2.72. The number of rotatable bonds is 4. The normalized spacial score (nSPS) is 10.7. The van der Waals surface area contributed by atoms with Crippen molar-refractivity contribution in [1.82, 2.24) is 9.78 Å². The molecule has 0 saturated heterocycles. The number of nitrogens with zero attached hydrogens (tertiary/aromatic N) is 2. The van der Waals surface area contributed by atoms with E-state index in [-0.39, 0.29) is 11.7 Å². The topological polar surface area (TPSA) is 60.1 Å². The molecule has 0 spiro atoms. The number of aryl methyl sites for hydroxylation is 1. The van der Waals surface area contributed by atoms with Crippen LogP contribution in [0.1, 0.15) is 16.3 Å². The van der Waals surface area contributed by atoms with Crippen LogP contribution < -0.4 is 5.32 Å². The van der Waals surface area contributed by atoms with Crippen molar-refractivity contribution in [3.05, 3.63) is 90.4 Å². The minimum atomic E-state index is -0.310. The van der Waals surface area contributed by atoms with Gasteiger partial charge in [0.15, 0.2) is 5.76 Å². The molecule has 26 heavy (non-hydrogen) atoms. The average Bonchev–Trinajstić information content (AvgIpc) is 3.30. The second-order valence-electron chi connectivity index (χ2n) is 5.89. The zero-order valence-electron chi connectivity index (χ0n) is 14.2. The van der Waals surface area contributed by atoms with E-state index in [4.69, 9.17) is 4.42 Å². The summed E-state index contributed by atoms with van der Waals surface area (Å²) in [6.07, 6.45) is 0. The van der Waals surface area contributed by atoms with Crippen molar-refractivity contribution in [1.29, 1.82) is 0 Å². The molecule has 5 nitrogen and oxygen atoms in total. The van der Waals surface area contributed by atoms with E-state index in [1.54, 1.807) is 23.7 Å². The lowest BCUT2D eigenvalue weighted by atomic mass is 10.1. The van der Waals surface area contributed by atoms with Crippen LogP contribution in [0.15, 0.2) is 83.3 Å². The molecule has 0 bridgehead atoms. The minimum Gasteiger partial charge on any atom is -0.456 e. The van der Waals surface area contributed by atoms with Gasteiger partial charge in [0, 0.05) is 11.6 Å². The number of nitrogens with one attached hydrogen (secondary N) is 1. The van der Waals surface area contributed by atoms with Crippen LogP contribution in [0.5, 0.6) is 0 Å². The smallest absolute Gasteiger partial charge is 0.292 e. The van der Waals surface area contributed by atoms with E-state index in [0.29, 0.717) is 11.6 Å². The summed E-state index contributed by atoms with van der Waals surface area (Å²) < 4.78 is 7.13. The molecule has 2 heterocycles. The second-order valence-corrected chi connectivity index (χ2v) is 5.89. The lowest BCUT2D eigenvalue weighted by molar-refractivity contribution is 0.0994. The van der Waals surface area contributed by atoms with E-state index in [0.717, 1.165) is 16.9 Å². The zero-order chi connectivity index (χ0) is 17.9. The highest BCUT2D eigenvalue weighted by atomic mass is 16.3. The first-order valence-corrected chi connectivity index (χ1v) is 8.29. The Morgan fingerprint density at radius 2 is 1.65 bits per heavy atom. The first kappa shape index (κ1) is 15.9. The molecule has 0 unspecified atom stereocenters. The van der Waals surface area contributed by atoms with Gasteiger partial charge in [0.1, 0.15) is 11.6 Å². The maximum absolute atomic E-state index is 12.5. The van der Waals surface area contributed by atoms with Gasteiger partial charge in [0.05, 0.1) is 11.4 Å². The standard InChI is InChI=1S/C21H17N3O2/c1-15-12-13-19(26-15)21(25)22-20-14-18(16-8-4-2-5-9-16)23-24(20)17-10-6-3-7-11-17/h2-14H,1H3,(H,22,25). The Balaban J connectivity index is 1.74. The third-order valence-electron chi connectivity index (χ3n) is 3.99. The first-order valence-electron chi connectivity index (χ1n) is 8.29. The molecule has 1 amide bonds. The minimum absolute atomic E-state index is 0.268. The summed E-state index contributed by atoms with van der Waals surface area (Å²) in [5, 5.41) is 7.57. The molecular weight excluding hydrogens is 326 g/mol. The van der Waals surface area contributed by atoms with Crippen molar-refractivity contribution in [3.8, 4) is 16.9 Å². The van der Waals surface area contributed by atoms with Gasteiger partial charge in [-0.2, -0.15) is 5.10 Å². The molecule has 5 heteroatoms. The van der Waals surface area contributed by atoms with Gasteiger partial charge in [0.2, 0.25) is 0 Å². The van der Waals surface area contributed by atoms with Gasteiger partial charge < -0.3 is 9.73 Å². The molecule has 2 aromatic carbocycles. The first-order chi connectivity index (χ1) is 12.7. The SMILES string of the molecule is Cc1ccc(C(=O)Nc2cc(-c3ccccc3)nn2-c2ccccc2)o1. The fourth-order valence-electron chi connectivity index (χ4n) is 2.72. The summed E-state index contributed by atoms with van der Waals surface area (Å²) in [7, 11) is 0. The summed E-state index contributed by atoms with van der Waals surface area (Å²) >= 11 is 0. The third-order valence-corrected chi connectivity index (χ3v) is 3.99. The largest absolute Gasteiger partial charge is 0.456 e. The molecule has 0 aliphatic carbocycles. The van der Waals surface area contributed by atoms with E-state index >= 15 is 0 Å². The number of hydrogen-bond donors (Lipinski definition) is 1. The number of anilines is 1. The molecule has 0 radical (unpaired) electrons. The number of carbonyl (C=O) groups is 1. The van der Waals surface area contributed by atoms with Gasteiger partial charge >= 0.3 is 0 Å². The summed E-state index contributed by atoms with van der Waals surface area (Å²) in [6.45, 7) is 1.80. The van der Waals surface area contributed by atoms with Crippen LogP contribution in [-0.2, 0) is 0 Å². The third kappa shape index (κ3) is 3.15. The van der Waals surface area contributed by atoms with Crippen molar-refractivity contribution in [2.75, 3.05) is 5.32 Å². The number of aromatic nitrogens is 2. The fraction of sp³-hybridized carbons (Fsp3) is 0.0476. The Morgan fingerprint density at radius 3 is 2.31 bits per heavy atom. The monoisotopic (exact) mass is 343 g/mol. The highest BCUT2D eigenvalue weighted by Crippen LogP contribution is 2.25. The number of para-hydroxylation sites is 1. The Hall–Kier alpha value is -3.60. The van der Waals surface area contributed by atoms with Gasteiger partial charge in [-0.3, -0.25) is 4.79 Å². The molecule has 128 valence electrons. The Kier molecular flexibility index (Phi) is 4.11. The van der Waals surface area contributed by atoms with Crippen molar-refractivity contribution >= 4 is 11.7 Å². The molecule has 0 aliphatic rings. The van der Waals surface area contributed by atoms with E-state index in [1.807, 2.05) is 66.7 Å². The molecule has 0 fully saturated rings. The summed E-state index contributed by atoms with van der Waals surface area (Å²) in [4.78, 5) is 12.5. The predicted molar refractivity (Wildman–Crippen MR) is 100 cm³/mol. The number of benzene rings is 2. The van der Waals surface area contributed by atoms with Gasteiger partial charge in [-0.25, -0.2) is 4.68 Å². The lowest BCUT2D eigenvalue weighted by Crippen LogP contribution is -2.14. The van der Waals surface area contributed by atoms with Crippen LogP contribution in [0.2, 0.25) is 0 Å². The molecule has 1 N–H and O–H groups in total. The molecule has 4 rings (SSSR count). The van der Waals surface area contributed by atoms with Crippen LogP contribution in [0.25, 0.3) is 16.9 Å². The van der Waals surface area contributed by atoms with Crippen molar-refractivity contribution in [2.24, 2.45) is 0 Å². The molecular formula is C21H17N3O2. The van der Waals surface area contributed by atoms with Crippen LogP contribution in [0.3, 0.4) is 0 Å². The second kappa shape index (κ2) is 6.72. The molecule has 4 aromatic rings. The van der Waals surface area contributed by atoms with Crippen LogP contribution in [0, 0.1) is 6.92 Å². The van der Waals surface area contributed by atoms with Gasteiger partial charge in [-0.05, 0) is 31.2 Å². The molecule has 0 atom stereocenters. The number of furan rings is 1. The van der Waals surface area contributed by atoms with E-state index < -0.39 is 0 Å². The van der Waals surface area contributed by atoms with Crippen LogP contribution >= 0.6 is 0 Å². The van der Waals surface area contributed by atoms with Crippen LogP contribution in [-0.4, -0.2) is 15.7 Å². The Morgan fingerprint density at radius 1 is 0.962 bits per heavy atom. The van der Waals surface area contributed by atoms with Gasteiger partial charge in [0.25, 0.3) is 5.91 Å². The number of amides is 1.